The molecule has 0 radical (unpaired) electrons. The number of hydrogen-bond acceptors (Lipinski definition) is 7. The van der Waals surface area contributed by atoms with Crippen molar-refractivity contribution in [1.82, 2.24) is 15.6 Å². The molecule has 0 saturated carbocycles. The highest BCUT2D eigenvalue weighted by Crippen LogP contribution is 2.24. The number of hydrogen-bond donors (Lipinski definition) is 2. The number of fused-ring (bicyclic) bond motifs is 1. The molecule has 8 nitrogen and oxygen atoms in total. The molecule has 2 aromatic carbocycles. The molecule has 8 heteroatoms. The zero-order chi connectivity index (χ0) is 23.4. The van der Waals surface area contributed by atoms with Crippen LogP contribution < -0.4 is 16.0 Å². The van der Waals surface area contributed by atoms with E-state index < -0.39 is 5.91 Å². The van der Waals surface area contributed by atoms with Crippen molar-refractivity contribution in [3.05, 3.63) is 88.4 Å². The van der Waals surface area contributed by atoms with Crippen LogP contribution in [0.4, 0.5) is 0 Å². The van der Waals surface area contributed by atoms with Crippen LogP contribution in [0.3, 0.4) is 0 Å². The number of aromatic nitrogens is 2. The Labute approximate surface area is 190 Å². The van der Waals surface area contributed by atoms with Crippen LogP contribution in [0.25, 0.3) is 10.9 Å². The monoisotopic (exact) mass is 444 g/mol. The highest BCUT2D eigenvalue weighted by molar-refractivity contribution is 6.16. The Morgan fingerprint density at radius 1 is 1.12 bits per heavy atom. The van der Waals surface area contributed by atoms with Crippen LogP contribution in [-0.4, -0.2) is 21.8 Å². The highest BCUT2D eigenvalue weighted by atomic mass is 16.5. The van der Waals surface area contributed by atoms with E-state index in [9.17, 15) is 9.59 Å². The maximum Gasteiger partial charge on any atom is 0.284 e. The number of hydrazine groups is 1. The third-order valence-corrected chi connectivity index (χ3v) is 5.34. The number of nitrogens with one attached hydrogen (secondary N) is 1. The van der Waals surface area contributed by atoms with E-state index in [4.69, 9.17) is 15.1 Å². The fraction of sp³-hybridized carbons (Fsp3) is 0.200. The number of ketones is 1. The Morgan fingerprint density at radius 2 is 1.94 bits per heavy atom. The van der Waals surface area contributed by atoms with Crippen molar-refractivity contribution in [1.29, 1.82) is 0 Å². The maximum absolute atomic E-state index is 13.4. The lowest BCUT2D eigenvalue weighted by Gasteiger charge is -2.11. The van der Waals surface area contributed by atoms with E-state index in [1.165, 1.54) is 0 Å². The Hall–Kier alpha value is -4.04. The number of amides is 1. The van der Waals surface area contributed by atoms with Crippen molar-refractivity contribution in [2.45, 2.75) is 33.3 Å². The van der Waals surface area contributed by atoms with Crippen LogP contribution in [-0.2, 0) is 13.0 Å². The second-order valence-electron chi connectivity index (χ2n) is 7.62. The third kappa shape index (κ3) is 4.61. The summed E-state index contributed by atoms with van der Waals surface area (Å²) in [4.78, 5) is 30.1. The first-order chi connectivity index (χ1) is 16.0. The van der Waals surface area contributed by atoms with Crippen LogP contribution >= 0.6 is 0 Å². The van der Waals surface area contributed by atoms with Crippen LogP contribution in [0.5, 0.6) is 5.75 Å². The van der Waals surface area contributed by atoms with Gasteiger partial charge >= 0.3 is 0 Å². The summed E-state index contributed by atoms with van der Waals surface area (Å²) in [6.07, 6.45) is 1.71. The minimum atomic E-state index is -0.636. The van der Waals surface area contributed by atoms with Gasteiger partial charge in [-0.15, -0.1) is 0 Å². The molecule has 0 unspecified atom stereocenters. The van der Waals surface area contributed by atoms with Crippen molar-refractivity contribution in [3.63, 3.8) is 0 Å². The number of aryl methyl sites for hydroxylation is 2. The zero-order valence-corrected chi connectivity index (χ0v) is 18.4. The smallest absolute Gasteiger partial charge is 0.284 e. The molecule has 33 heavy (non-hydrogen) atoms. The van der Waals surface area contributed by atoms with E-state index in [0.29, 0.717) is 16.8 Å². The van der Waals surface area contributed by atoms with Crippen molar-refractivity contribution < 1.29 is 18.8 Å². The summed E-state index contributed by atoms with van der Waals surface area (Å²) in [7, 11) is 0. The van der Waals surface area contributed by atoms with Crippen molar-refractivity contribution in [2.75, 3.05) is 0 Å². The number of rotatable bonds is 8. The molecule has 0 aliphatic carbocycles. The van der Waals surface area contributed by atoms with E-state index in [0.717, 1.165) is 35.2 Å². The Balaban J connectivity index is 1.64. The van der Waals surface area contributed by atoms with Crippen LogP contribution in [0.2, 0.25) is 0 Å². The number of carbonyl (C=O) groups is 2. The summed E-state index contributed by atoms with van der Waals surface area (Å²) in [5.41, 5.74) is 4.85. The van der Waals surface area contributed by atoms with Crippen LogP contribution in [0, 0.1) is 6.92 Å². The molecular formula is C25H24N4O4. The fourth-order valence-electron chi connectivity index (χ4n) is 3.61. The van der Waals surface area contributed by atoms with Gasteiger partial charge in [0.2, 0.25) is 0 Å². The molecule has 2 heterocycles. The number of nitrogens with zero attached hydrogens (tertiary/aromatic N) is 2. The summed E-state index contributed by atoms with van der Waals surface area (Å²) < 4.78 is 11.3. The molecule has 168 valence electrons. The minimum Gasteiger partial charge on any atom is -0.489 e. The van der Waals surface area contributed by atoms with Crippen molar-refractivity contribution >= 4 is 22.6 Å². The number of benzene rings is 2. The fourth-order valence-corrected chi connectivity index (χ4v) is 3.61. The molecule has 0 atom stereocenters. The van der Waals surface area contributed by atoms with Gasteiger partial charge in [0.1, 0.15) is 23.8 Å². The summed E-state index contributed by atoms with van der Waals surface area (Å²) in [5, 5.41) is 4.77. The van der Waals surface area contributed by atoms with Gasteiger partial charge in [-0.05, 0) is 37.6 Å². The molecule has 4 aromatic rings. The van der Waals surface area contributed by atoms with Crippen molar-refractivity contribution in [2.24, 2.45) is 5.84 Å². The molecule has 0 spiro atoms. The maximum atomic E-state index is 13.4. The summed E-state index contributed by atoms with van der Waals surface area (Å²) in [6, 6.07) is 15.7. The Morgan fingerprint density at radius 3 is 2.73 bits per heavy atom. The van der Waals surface area contributed by atoms with Gasteiger partial charge in [0.15, 0.2) is 5.78 Å². The number of ether oxygens (including phenoxy) is 1. The first-order valence-electron chi connectivity index (χ1n) is 10.6. The Bertz CT molecular complexity index is 1330. The second-order valence-corrected chi connectivity index (χ2v) is 7.62. The molecule has 3 N–H and O–H groups in total. The van der Waals surface area contributed by atoms with E-state index >= 15 is 0 Å². The third-order valence-electron chi connectivity index (χ3n) is 5.34. The van der Waals surface area contributed by atoms with Gasteiger partial charge < -0.3 is 9.26 Å². The lowest BCUT2D eigenvalue weighted by atomic mass is 9.99. The summed E-state index contributed by atoms with van der Waals surface area (Å²) in [5.74, 6) is 5.66. The normalized spacial score (nSPS) is 10.9. The molecule has 2 aromatic heterocycles. The van der Waals surface area contributed by atoms with E-state index in [2.05, 4.69) is 22.5 Å². The molecule has 0 saturated heterocycles. The van der Waals surface area contributed by atoms with Gasteiger partial charge in [0, 0.05) is 17.4 Å². The lowest BCUT2D eigenvalue weighted by Crippen LogP contribution is -2.32. The zero-order valence-electron chi connectivity index (χ0n) is 18.4. The molecular weight excluding hydrogens is 420 g/mol. The van der Waals surface area contributed by atoms with Crippen LogP contribution in [0.1, 0.15) is 56.8 Å². The predicted molar refractivity (Wildman–Crippen MR) is 123 cm³/mol. The number of para-hydroxylation sites is 1. The first-order valence-corrected chi connectivity index (χ1v) is 10.6. The van der Waals surface area contributed by atoms with Gasteiger partial charge in [0.25, 0.3) is 5.91 Å². The van der Waals surface area contributed by atoms with Crippen molar-refractivity contribution in [3.8, 4) is 5.75 Å². The average Bonchev–Trinajstić information content (AvgIpc) is 3.20. The first kappa shape index (κ1) is 22.2. The SMILES string of the molecule is CCCc1onc(C)c1COc1cccc(C(=O)c2cc3ccccc3nc2C(=O)NN)c1. The number of nitrogens with two attached hydrogens (primary N) is 1. The van der Waals surface area contributed by atoms with Gasteiger partial charge in [-0.25, -0.2) is 10.8 Å². The highest BCUT2D eigenvalue weighted by Gasteiger charge is 2.21. The minimum absolute atomic E-state index is 0.0307. The second kappa shape index (κ2) is 9.62. The number of nitrogen functional groups attached to an aromatic ring is 1. The van der Waals surface area contributed by atoms with E-state index in [-0.39, 0.29) is 23.6 Å². The molecule has 4 rings (SSSR count). The standard InChI is InChI=1S/C25H24N4O4/c1-3-7-22-20(15(2)29-33-22)14-32-18-10-6-9-17(12-18)24(30)19-13-16-8-4-5-11-21(16)27-23(19)25(31)28-26/h4-6,8-13H,3,7,14,26H2,1-2H3,(H,28,31). The quantitative estimate of drug-likeness (QED) is 0.183. The number of carbonyl (C=O) groups excluding carboxylic acids is 2. The molecule has 0 fully saturated rings. The number of pyridine rings is 1. The van der Waals surface area contributed by atoms with Gasteiger partial charge in [-0.1, -0.05) is 42.4 Å². The average molecular weight is 444 g/mol. The summed E-state index contributed by atoms with van der Waals surface area (Å²) >= 11 is 0. The molecule has 1 amide bonds. The molecule has 0 aliphatic heterocycles. The topological polar surface area (TPSA) is 120 Å². The lowest BCUT2D eigenvalue weighted by molar-refractivity contribution is 0.0937. The van der Waals surface area contributed by atoms with E-state index in [1.807, 2.05) is 25.1 Å². The van der Waals surface area contributed by atoms with Gasteiger partial charge in [0.05, 0.1) is 22.3 Å². The predicted octanol–water partition coefficient (Wildman–Crippen LogP) is 3.90. The largest absolute Gasteiger partial charge is 0.489 e. The van der Waals surface area contributed by atoms with E-state index in [1.54, 1.807) is 36.4 Å². The molecule has 0 bridgehead atoms. The Kier molecular flexibility index (Phi) is 6.46. The van der Waals surface area contributed by atoms with Gasteiger partial charge in [-0.2, -0.15) is 0 Å². The van der Waals surface area contributed by atoms with Crippen LogP contribution in [0.15, 0.2) is 59.1 Å². The van der Waals surface area contributed by atoms with Gasteiger partial charge in [-0.3, -0.25) is 15.0 Å². The summed E-state index contributed by atoms with van der Waals surface area (Å²) in [6.45, 7) is 4.22. The molecule has 0 aliphatic rings.